The summed E-state index contributed by atoms with van der Waals surface area (Å²) in [5.74, 6) is -0.657. The van der Waals surface area contributed by atoms with E-state index >= 15 is 0 Å². The molecule has 0 radical (unpaired) electrons. The van der Waals surface area contributed by atoms with E-state index in [-0.39, 0.29) is 21.2 Å². The number of halogens is 2. The molecule has 1 aliphatic rings. The van der Waals surface area contributed by atoms with Gasteiger partial charge in [0.25, 0.3) is 18.2 Å². The fraction of sp³-hybridized carbons (Fsp3) is 0.385. The van der Waals surface area contributed by atoms with Crippen LogP contribution in [-0.2, 0) is 13.1 Å². The number of pyridine rings is 1. The molecule has 9 nitrogen and oxygen atoms in total. The number of rotatable bonds is 8. The van der Waals surface area contributed by atoms with Crippen LogP contribution in [-0.4, -0.2) is 44.6 Å². The van der Waals surface area contributed by atoms with Crippen molar-refractivity contribution in [3.8, 4) is 11.1 Å². The second-order valence-corrected chi connectivity index (χ2v) is 10.3. The summed E-state index contributed by atoms with van der Waals surface area (Å²) in [6.07, 6.45) is 2.23. The number of likely N-dealkylation sites (tertiary alicyclic amines) is 1. The summed E-state index contributed by atoms with van der Waals surface area (Å²) < 4.78 is 35.1. The van der Waals surface area contributed by atoms with E-state index in [1.807, 2.05) is 13.8 Å². The van der Waals surface area contributed by atoms with Crippen molar-refractivity contribution in [2.45, 2.75) is 52.6 Å². The number of nitrogens with two attached hydrogens (primary N) is 1. The average Bonchev–Trinajstić information content (AvgIpc) is 3.61. The molecule has 12 heteroatoms. The highest BCUT2D eigenvalue weighted by Crippen LogP contribution is 2.43. The largest absolute Gasteiger partial charge is 0.455 e. The number of nitrogens with one attached hydrogen (secondary N) is 1. The van der Waals surface area contributed by atoms with E-state index in [0.717, 1.165) is 43.0 Å². The van der Waals surface area contributed by atoms with Crippen LogP contribution in [0.1, 0.15) is 70.0 Å². The number of hydrogen-bond acceptors (Lipinski definition) is 7. The molecule has 1 aliphatic heterocycles. The van der Waals surface area contributed by atoms with Crippen LogP contribution in [0.4, 0.5) is 14.5 Å². The lowest BCUT2D eigenvalue weighted by Gasteiger charge is -2.25. The Morgan fingerprint density at radius 3 is 2.63 bits per heavy atom. The van der Waals surface area contributed by atoms with Crippen LogP contribution in [0.2, 0.25) is 0 Å². The number of aryl methyl sites for hydroxylation is 1. The van der Waals surface area contributed by atoms with Crippen LogP contribution in [0.15, 0.2) is 28.8 Å². The van der Waals surface area contributed by atoms with E-state index in [9.17, 15) is 18.4 Å². The van der Waals surface area contributed by atoms with Crippen LogP contribution >= 0.6 is 11.3 Å². The number of thiophene rings is 1. The Balaban J connectivity index is 1.56. The third-order valence-corrected chi connectivity index (χ3v) is 7.87. The number of alkyl halides is 2. The molecular weight excluding hydrogens is 514 g/mol. The van der Waals surface area contributed by atoms with Crippen LogP contribution in [0.3, 0.4) is 0 Å². The Morgan fingerprint density at radius 1 is 1.21 bits per heavy atom. The number of anilines is 1. The quantitative estimate of drug-likeness (QED) is 0.310. The minimum Gasteiger partial charge on any atom is -0.455 e. The van der Waals surface area contributed by atoms with Crippen molar-refractivity contribution in [1.82, 2.24) is 19.7 Å². The number of fused-ring (bicyclic) bond motifs is 1. The first-order valence-corrected chi connectivity index (χ1v) is 13.3. The van der Waals surface area contributed by atoms with Crippen molar-refractivity contribution in [1.29, 1.82) is 0 Å². The second-order valence-electron chi connectivity index (χ2n) is 9.26. The molecule has 0 bridgehead atoms. The molecule has 0 aromatic carbocycles. The van der Waals surface area contributed by atoms with Crippen molar-refractivity contribution in [2.75, 3.05) is 18.4 Å². The topological polar surface area (TPSA) is 119 Å². The van der Waals surface area contributed by atoms with Crippen molar-refractivity contribution >= 4 is 39.1 Å². The summed E-state index contributed by atoms with van der Waals surface area (Å²) in [5, 5.41) is 7.44. The lowest BCUT2D eigenvalue weighted by Crippen LogP contribution is -2.28. The Bertz CT molecular complexity index is 1500. The lowest BCUT2D eigenvalue weighted by atomic mass is 10.0. The highest BCUT2D eigenvalue weighted by atomic mass is 32.1. The monoisotopic (exact) mass is 542 g/mol. The minimum absolute atomic E-state index is 0.00847. The normalized spacial score (nSPS) is 14.4. The summed E-state index contributed by atoms with van der Waals surface area (Å²) in [4.78, 5) is 32.2. The number of piperidine rings is 1. The Morgan fingerprint density at radius 2 is 1.97 bits per heavy atom. The molecule has 0 aliphatic carbocycles. The summed E-state index contributed by atoms with van der Waals surface area (Å²) in [6.45, 7) is 6.89. The van der Waals surface area contributed by atoms with Gasteiger partial charge in [-0.1, -0.05) is 6.42 Å². The number of carbonyl (C=O) groups excluding carboxylic acids is 2. The number of aromatic nitrogens is 3. The highest BCUT2D eigenvalue weighted by Gasteiger charge is 2.27. The average molecular weight is 543 g/mol. The summed E-state index contributed by atoms with van der Waals surface area (Å²) >= 11 is 0.858. The lowest BCUT2D eigenvalue weighted by molar-refractivity contribution is 0.0992. The Labute approximate surface area is 221 Å². The number of hydrogen-bond donors (Lipinski definition) is 2. The van der Waals surface area contributed by atoms with Gasteiger partial charge in [0, 0.05) is 23.2 Å². The van der Waals surface area contributed by atoms with Crippen LogP contribution in [0.5, 0.6) is 0 Å². The van der Waals surface area contributed by atoms with Gasteiger partial charge in [0.2, 0.25) is 0 Å². The maximum Gasteiger partial charge on any atom is 0.291 e. The molecule has 200 valence electrons. The van der Waals surface area contributed by atoms with Crippen molar-refractivity contribution in [3.05, 3.63) is 52.2 Å². The smallest absolute Gasteiger partial charge is 0.291 e. The first-order valence-electron chi connectivity index (χ1n) is 12.5. The first kappa shape index (κ1) is 26.0. The molecule has 4 aromatic rings. The number of carbonyl (C=O) groups is 2. The third-order valence-electron chi connectivity index (χ3n) is 6.77. The Hall–Kier alpha value is -3.64. The van der Waals surface area contributed by atoms with Gasteiger partial charge in [-0.05, 0) is 63.5 Å². The molecule has 0 saturated carbocycles. The molecule has 1 fully saturated rings. The highest BCUT2D eigenvalue weighted by molar-refractivity contribution is 7.21. The molecule has 0 unspecified atom stereocenters. The van der Waals surface area contributed by atoms with E-state index < -0.39 is 23.9 Å². The van der Waals surface area contributed by atoms with Gasteiger partial charge < -0.3 is 15.5 Å². The van der Waals surface area contributed by atoms with Gasteiger partial charge in [-0.2, -0.15) is 5.10 Å². The summed E-state index contributed by atoms with van der Waals surface area (Å²) in [7, 11) is 0. The molecular formula is C26H28F2N6O3S. The number of furan rings is 1. The molecule has 0 atom stereocenters. The third kappa shape index (κ3) is 4.93. The van der Waals surface area contributed by atoms with Crippen LogP contribution < -0.4 is 11.1 Å². The molecule has 4 aromatic heterocycles. The molecule has 0 spiro atoms. The second kappa shape index (κ2) is 10.6. The predicted molar refractivity (Wildman–Crippen MR) is 141 cm³/mol. The van der Waals surface area contributed by atoms with Gasteiger partial charge in [-0.3, -0.25) is 19.2 Å². The van der Waals surface area contributed by atoms with Crippen molar-refractivity contribution in [3.63, 3.8) is 0 Å². The van der Waals surface area contributed by atoms with Gasteiger partial charge in [0.05, 0.1) is 18.4 Å². The first-order chi connectivity index (χ1) is 18.3. The predicted octanol–water partition coefficient (Wildman–Crippen LogP) is 5.36. The molecule has 38 heavy (non-hydrogen) atoms. The van der Waals surface area contributed by atoms with Gasteiger partial charge >= 0.3 is 0 Å². The van der Waals surface area contributed by atoms with Crippen molar-refractivity contribution < 1.29 is 22.8 Å². The van der Waals surface area contributed by atoms with E-state index in [0.29, 0.717) is 35.4 Å². The summed E-state index contributed by atoms with van der Waals surface area (Å²) in [5.41, 5.74) is 7.03. The number of primary amides is 1. The maximum absolute atomic E-state index is 13.8. The maximum atomic E-state index is 13.8. The number of amides is 2. The fourth-order valence-corrected chi connectivity index (χ4v) is 5.88. The van der Waals surface area contributed by atoms with E-state index in [2.05, 4.69) is 20.3 Å². The van der Waals surface area contributed by atoms with E-state index in [1.165, 1.54) is 12.5 Å². The minimum atomic E-state index is -2.83. The SMILES string of the molecule is CCn1ncc(-c2cc(C(F)F)nc3sc(C(N)=O)c(NC(=O)c4ccc(CN5CCCCC5)o4)c23)c1C. The van der Waals surface area contributed by atoms with Crippen LogP contribution in [0.25, 0.3) is 21.3 Å². The zero-order valence-electron chi connectivity index (χ0n) is 21.1. The van der Waals surface area contributed by atoms with Gasteiger partial charge in [-0.15, -0.1) is 11.3 Å². The Kier molecular flexibility index (Phi) is 7.26. The van der Waals surface area contributed by atoms with E-state index in [4.69, 9.17) is 10.2 Å². The number of nitrogens with zero attached hydrogens (tertiary/aromatic N) is 4. The standard InChI is InChI=1S/C26H28F2N6O3S/c1-3-34-14(2)17(12-30-34)16-11-18(23(27)28)31-26-20(16)21(22(38-26)24(29)35)32-25(36)19-8-7-15(37-19)13-33-9-5-4-6-10-33/h7-8,11-12,23H,3-6,9-10,13H2,1-2H3,(H2,29,35)(H,32,36). The molecule has 1 saturated heterocycles. The van der Waals surface area contributed by atoms with E-state index in [1.54, 1.807) is 23.0 Å². The zero-order valence-corrected chi connectivity index (χ0v) is 21.9. The molecule has 5 rings (SSSR count). The van der Waals surface area contributed by atoms with Gasteiger partial charge in [0.1, 0.15) is 21.2 Å². The molecule has 5 heterocycles. The van der Waals surface area contributed by atoms with Crippen molar-refractivity contribution in [2.24, 2.45) is 5.73 Å². The molecule has 2 amide bonds. The van der Waals surface area contributed by atoms with Crippen LogP contribution in [0, 0.1) is 6.92 Å². The zero-order chi connectivity index (χ0) is 27.0. The fourth-order valence-electron chi connectivity index (χ4n) is 4.86. The van der Waals surface area contributed by atoms with Gasteiger partial charge in [0.15, 0.2) is 5.76 Å². The molecule has 3 N–H and O–H groups in total. The van der Waals surface area contributed by atoms with Gasteiger partial charge in [-0.25, -0.2) is 13.8 Å². The summed E-state index contributed by atoms with van der Waals surface area (Å²) in [6, 6.07) is 4.61.